The molecule has 18 heavy (non-hydrogen) atoms. The van der Waals surface area contributed by atoms with E-state index in [1.54, 1.807) is 0 Å². The molecule has 0 atom stereocenters. The molecule has 0 aliphatic carbocycles. The number of nitrogens with zero attached hydrogens (tertiary/aromatic N) is 2. The minimum Gasteiger partial charge on any atom is -0.359 e. The molecular formula is C15H27N3. The van der Waals surface area contributed by atoms with Crippen LogP contribution in [-0.4, -0.2) is 25.6 Å². The van der Waals surface area contributed by atoms with Crippen molar-refractivity contribution in [3.05, 3.63) is 23.4 Å². The van der Waals surface area contributed by atoms with Gasteiger partial charge in [0.2, 0.25) is 0 Å². The van der Waals surface area contributed by atoms with E-state index in [1.165, 1.54) is 11.3 Å². The standard InChI is InChI=1S/C15H27N3/c1-11(2)10-18(6)15-8-13(9-16-5)7-14(17-15)12(3)4/h7-8,11-12,16H,9-10H2,1-6H3. The SMILES string of the molecule is CNCc1cc(C(C)C)nc(N(C)CC(C)C)c1. The second-order valence-electron chi connectivity index (χ2n) is 5.72. The van der Waals surface area contributed by atoms with E-state index in [-0.39, 0.29) is 0 Å². The Balaban J connectivity index is 3.02. The Morgan fingerprint density at radius 1 is 1.22 bits per heavy atom. The predicted molar refractivity (Wildman–Crippen MR) is 79.2 cm³/mol. The minimum atomic E-state index is 0.466. The number of anilines is 1. The molecule has 0 unspecified atom stereocenters. The fourth-order valence-electron chi connectivity index (χ4n) is 2.03. The zero-order valence-electron chi connectivity index (χ0n) is 12.6. The fraction of sp³-hybridized carbons (Fsp3) is 0.667. The highest BCUT2D eigenvalue weighted by Crippen LogP contribution is 2.20. The van der Waals surface area contributed by atoms with Gasteiger partial charge in [-0.3, -0.25) is 0 Å². The van der Waals surface area contributed by atoms with Gasteiger partial charge in [0.1, 0.15) is 5.82 Å². The highest BCUT2D eigenvalue weighted by Gasteiger charge is 2.10. The first kappa shape index (κ1) is 15.0. The Morgan fingerprint density at radius 3 is 2.39 bits per heavy atom. The molecular weight excluding hydrogens is 222 g/mol. The summed E-state index contributed by atoms with van der Waals surface area (Å²) in [6, 6.07) is 4.39. The molecule has 102 valence electrons. The van der Waals surface area contributed by atoms with Crippen LogP contribution < -0.4 is 10.2 Å². The van der Waals surface area contributed by atoms with Gasteiger partial charge in [0.15, 0.2) is 0 Å². The lowest BCUT2D eigenvalue weighted by atomic mass is 10.1. The largest absolute Gasteiger partial charge is 0.359 e. The van der Waals surface area contributed by atoms with E-state index in [1.807, 2.05) is 7.05 Å². The maximum atomic E-state index is 4.77. The molecule has 0 saturated heterocycles. The molecule has 1 N–H and O–H groups in total. The summed E-state index contributed by atoms with van der Waals surface area (Å²) < 4.78 is 0. The second-order valence-corrected chi connectivity index (χ2v) is 5.72. The van der Waals surface area contributed by atoms with E-state index in [0.717, 1.165) is 18.9 Å². The first-order valence-corrected chi connectivity index (χ1v) is 6.80. The average Bonchev–Trinajstić information content (AvgIpc) is 2.28. The molecule has 0 amide bonds. The number of hydrogen-bond acceptors (Lipinski definition) is 3. The van der Waals surface area contributed by atoms with E-state index in [9.17, 15) is 0 Å². The molecule has 0 spiro atoms. The van der Waals surface area contributed by atoms with Crippen LogP contribution in [-0.2, 0) is 6.54 Å². The molecule has 0 fully saturated rings. The Bertz CT molecular complexity index is 372. The monoisotopic (exact) mass is 249 g/mol. The van der Waals surface area contributed by atoms with Crippen LogP contribution in [0.15, 0.2) is 12.1 Å². The molecule has 0 aliphatic rings. The third-order valence-electron chi connectivity index (χ3n) is 2.89. The van der Waals surface area contributed by atoms with Crippen LogP contribution in [0.4, 0.5) is 5.82 Å². The smallest absolute Gasteiger partial charge is 0.128 e. The van der Waals surface area contributed by atoms with Gasteiger partial charge in [-0.15, -0.1) is 0 Å². The zero-order chi connectivity index (χ0) is 13.7. The third kappa shape index (κ3) is 4.30. The first-order chi connectivity index (χ1) is 8.43. The van der Waals surface area contributed by atoms with E-state index in [2.05, 4.69) is 57.1 Å². The van der Waals surface area contributed by atoms with Crippen LogP contribution in [0.3, 0.4) is 0 Å². The number of rotatable bonds is 6. The Morgan fingerprint density at radius 2 is 1.89 bits per heavy atom. The fourth-order valence-corrected chi connectivity index (χ4v) is 2.03. The van der Waals surface area contributed by atoms with Crippen LogP contribution in [0.1, 0.15) is 44.9 Å². The summed E-state index contributed by atoms with van der Waals surface area (Å²) in [5.41, 5.74) is 2.48. The molecule has 1 rings (SSSR count). The summed E-state index contributed by atoms with van der Waals surface area (Å²) in [5, 5.41) is 3.21. The van der Waals surface area contributed by atoms with Crippen LogP contribution in [0.5, 0.6) is 0 Å². The van der Waals surface area contributed by atoms with Gasteiger partial charge in [-0.2, -0.15) is 0 Å². The molecule has 1 aromatic rings. The van der Waals surface area contributed by atoms with Crippen molar-refractivity contribution in [2.45, 2.75) is 40.2 Å². The number of hydrogen-bond donors (Lipinski definition) is 1. The molecule has 0 bridgehead atoms. The van der Waals surface area contributed by atoms with Gasteiger partial charge in [-0.05, 0) is 36.6 Å². The van der Waals surface area contributed by atoms with Crippen LogP contribution in [0.2, 0.25) is 0 Å². The van der Waals surface area contributed by atoms with Gasteiger partial charge in [0.05, 0.1) is 0 Å². The summed E-state index contributed by atoms with van der Waals surface area (Å²) in [7, 11) is 4.10. The van der Waals surface area contributed by atoms with Crippen LogP contribution in [0.25, 0.3) is 0 Å². The maximum absolute atomic E-state index is 4.77. The highest BCUT2D eigenvalue weighted by atomic mass is 15.2. The van der Waals surface area contributed by atoms with Crippen molar-refractivity contribution in [1.29, 1.82) is 0 Å². The van der Waals surface area contributed by atoms with E-state index in [4.69, 9.17) is 4.98 Å². The molecule has 1 aromatic heterocycles. The quantitative estimate of drug-likeness (QED) is 0.840. The highest BCUT2D eigenvalue weighted by molar-refractivity contribution is 5.42. The van der Waals surface area contributed by atoms with Crippen LogP contribution in [0, 0.1) is 5.92 Å². The zero-order valence-corrected chi connectivity index (χ0v) is 12.6. The molecule has 3 nitrogen and oxygen atoms in total. The minimum absolute atomic E-state index is 0.466. The van der Waals surface area contributed by atoms with E-state index in [0.29, 0.717) is 11.8 Å². The number of nitrogens with one attached hydrogen (secondary N) is 1. The van der Waals surface area contributed by atoms with Crippen LogP contribution >= 0.6 is 0 Å². The Hall–Kier alpha value is -1.09. The Labute approximate surface area is 112 Å². The number of pyridine rings is 1. The van der Waals surface area contributed by atoms with Gasteiger partial charge < -0.3 is 10.2 Å². The van der Waals surface area contributed by atoms with E-state index >= 15 is 0 Å². The molecule has 1 heterocycles. The summed E-state index contributed by atoms with van der Waals surface area (Å²) in [4.78, 5) is 7.01. The second kappa shape index (κ2) is 6.74. The molecule has 3 heteroatoms. The van der Waals surface area contributed by atoms with Crippen molar-refractivity contribution in [3.8, 4) is 0 Å². The lowest BCUT2D eigenvalue weighted by molar-refractivity contribution is 0.632. The topological polar surface area (TPSA) is 28.2 Å². The van der Waals surface area contributed by atoms with Crippen molar-refractivity contribution >= 4 is 5.82 Å². The first-order valence-electron chi connectivity index (χ1n) is 6.80. The van der Waals surface area contributed by atoms with E-state index < -0.39 is 0 Å². The average molecular weight is 249 g/mol. The lowest BCUT2D eigenvalue weighted by Crippen LogP contribution is -2.24. The molecule has 0 radical (unpaired) electrons. The summed E-state index contributed by atoms with van der Waals surface area (Å²) in [6.45, 7) is 10.8. The van der Waals surface area contributed by atoms with Crippen molar-refractivity contribution in [2.24, 2.45) is 5.92 Å². The lowest BCUT2D eigenvalue weighted by Gasteiger charge is -2.22. The van der Waals surface area contributed by atoms with Gasteiger partial charge in [0, 0.05) is 25.8 Å². The predicted octanol–water partition coefficient (Wildman–Crippen LogP) is 3.02. The maximum Gasteiger partial charge on any atom is 0.128 e. The Kier molecular flexibility index (Phi) is 5.60. The molecule has 0 aromatic carbocycles. The normalized spacial score (nSPS) is 11.3. The molecule has 0 aliphatic heterocycles. The summed E-state index contributed by atoms with van der Waals surface area (Å²) in [5.74, 6) is 2.19. The molecule has 0 saturated carbocycles. The van der Waals surface area contributed by atoms with Gasteiger partial charge in [-0.25, -0.2) is 4.98 Å². The van der Waals surface area contributed by atoms with Gasteiger partial charge >= 0.3 is 0 Å². The van der Waals surface area contributed by atoms with Crippen molar-refractivity contribution in [1.82, 2.24) is 10.3 Å². The number of aromatic nitrogens is 1. The van der Waals surface area contributed by atoms with Crippen molar-refractivity contribution < 1.29 is 0 Å². The summed E-state index contributed by atoms with van der Waals surface area (Å²) in [6.07, 6.45) is 0. The third-order valence-corrected chi connectivity index (χ3v) is 2.89. The van der Waals surface area contributed by atoms with Gasteiger partial charge in [-0.1, -0.05) is 27.7 Å². The van der Waals surface area contributed by atoms with Crippen molar-refractivity contribution in [2.75, 3.05) is 25.5 Å². The summed E-state index contributed by atoms with van der Waals surface area (Å²) >= 11 is 0. The van der Waals surface area contributed by atoms with Crippen molar-refractivity contribution in [3.63, 3.8) is 0 Å². The van der Waals surface area contributed by atoms with Gasteiger partial charge in [0.25, 0.3) is 0 Å².